The Kier molecular flexibility index (Phi) is 4.79. The summed E-state index contributed by atoms with van der Waals surface area (Å²) in [6.45, 7) is 4.27. The summed E-state index contributed by atoms with van der Waals surface area (Å²) >= 11 is 1.75. The lowest BCUT2D eigenvalue weighted by atomic mass is 10.1. The van der Waals surface area contributed by atoms with Crippen LogP contribution in [0.4, 0.5) is 0 Å². The third kappa shape index (κ3) is 3.39. The second-order valence-electron chi connectivity index (χ2n) is 4.40. The van der Waals surface area contributed by atoms with Crippen LogP contribution in [-0.2, 0) is 5.75 Å². The minimum Gasteiger partial charge on any atom is -0.478 e. The third-order valence-corrected chi connectivity index (χ3v) is 4.26. The Labute approximate surface area is 121 Å². The Bertz CT molecular complexity index is 598. The Morgan fingerprint density at radius 3 is 2.90 bits per heavy atom. The van der Waals surface area contributed by atoms with Crippen LogP contribution in [0.15, 0.2) is 28.8 Å². The van der Waals surface area contributed by atoms with E-state index >= 15 is 0 Å². The molecule has 0 spiro atoms. The molecule has 2 aromatic rings. The molecule has 0 fully saturated rings. The molecule has 6 heteroatoms. The van der Waals surface area contributed by atoms with Crippen molar-refractivity contribution >= 4 is 17.7 Å². The topological polar surface area (TPSA) is 76.2 Å². The Morgan fingerprint density at radius 2 is 2.20 bits per heavy atom. The quantitative estimate of drug-likeness (QED) is 0.878. The van der Waals surface area contributed by atoms with Gasteiger partial charge in [0.2, 0.25) is 0 Å². The highest BCUT2D eigenvalue weighted by atomic mass is 32.2. The average Bonchev–Trinajstić information content (AvgIpc) is 2.93. The van der Waals surface area contributed by atoms with Crippen LogP contribution in [0.2, 0.25) is 0 Å². The summed E-state index contributed by atoms with van der Waals surface area (Å²) in [4.78, 5) is 15.4. The molecule has 20 heavy (non-hydrogen) atoms. The van der Waals surface area contributed by atoms with E-state index in [9.17, 15) is 4.79 Å². The predicted octanol–water partition coefficient (Wildman–Crippen LogP) is 3.47. The zero-order valence-corrected chi connectivity index (χ0v) is 12.2. The van der Waals surface area contributed by atoms with Gasteiger partial charge in [0.05, 0.1) is 16.9 Å². The van der Waals surface area contributed by atoms with E-state index in [4.69, 9.17) is 9.63 Å². The van der Waals surface area contributed by atoms with Crippen molar-refractivity contribution in [2.45, 2.75) is 31.3 Å². The van der Waals surface area contributed by atoms with E-state index in [2.05, 4.69) is 24.0 Å². The number of thioether (sulfide) groups is 1. The van der Waals surface area contributed by atoms with Crippen LogP contribution in [0.5, 0.6) is 0 Å². The van der Waals surface area contributed by atoms with Crippen LogP contribution >= 0.6 is 11.8 Å². The van der Waals surface area contributed by atoms with Gasteiger partial charge in [0.15, 0.2) is 5.82 Å². The van der Waals surface area contributed by atoms with E-state index in [1.165, 1.54) is 6.07 Å². The maximum atomic E-state index is 11.2. The summed E-state index contributed by atoms with van der Waals surface area (Å²) in [6, 6.07) is 6.61. The maximum Gasteiger partial charge on any atom is 0.336 e. The number of hydrogen-bond acceptors (Lipinski definition) is 5. The fraction of sp³-hybridized carbons (Fsp3) is 0.357. The number of aromatic carboxylic acids is 1. The van der Waals surface area contributed by atoms with Gasteiger partial charge < -0.3 is 9.63 Å². The fourth-order valence-corrected chi connectivity index (χ4v) is 2.40. The molecule has 0 aliphatic carbocycles. The number of nitrogens with zero attached hydrogens (tertiary/aromatic N) is 2. The first kappa shape index (κ1) is 14.6. The van der Waals surface area contributed by atoms with Crippen LogP contribution in [0.1, 0.15) is 36.5 Å². The molecule has 0 aliphatic heterocycles. The van der Waals surface area contributed by atoms with Crippen LogP contribution in [0.25, 0.3) is 11.5 Å². The Balaban J connectivity index is 2.19. The van der Waals surface area contributed by atoms with Crippen molar-refractivity contribution in [2.75, 3.05) is 0 Å². The Hall–Kier alpha value is -1.82. The molecule has 106 valence electrons. The van der Waals surface area contributed by atoms with Crippen molar-refractivity contribution in [2.24, 2.45) is 0 Å². The second-order valence-corrected chi connectivity index (χ2v) is 5.82. The van der Waals surface area contributed by atoms with Crippen LogP contribution < -0.4 is 0 Å². The zero-order chi connectivity index (χ0) is 14.5. The molecular formula is C14H16N2O3S. The first-order chi connectivity index (χ1) is 9.61. The molecule has 1 atom stereocenters. The van der Waals surface area contributed by atoms with Gasteiger partial charge in [-0.05, 0) is 18.6 Å². The fourth-order valence-electron chi connectivity index (χ4n) is 1.61. The summed E-state index contributed by atoms with van der Waals surface area (Å²) in [5.41, 5.74) is 0.615. The molecule has 1 heterocycles. The zero-order valence-electron chi connectivity index (χ0n) is 11.4. The van der Waals surface area contributed by atoms with E-state index in [0.29, 0.717) is 22.4 Å². The lowest BCUT2D eigenvalue weighted by molar-refractivity contribution is 0.0697. The summed E-state index contributed by atoms with van der Waals surface area (Å²) in [5, 5.41) is 13.6. The molecule has 0 saturated heterocycles. The first-order valence-corrected chi connectivity index (χ1v) is 7.43. The van der Waals surface area contributed by atoms with Gasteiger partial charge in [0.25, 0.3) is 5.89 Å². The highest BCUT2D eigenvalue weighted by Gasteiger charge is 2.16. The molecule has 0 aliphatic rings. The first-order valence-electron chi connectivity index (χ1n) is 6.38. The van der Waals surface area contributed by atoms with Crippen molar-refractivity contribution in [3.63, 3.8) is 0 Å². The van der Waals surface area contributed by atoms with E-state index in [1.54, 1.807) is 30.0 Å². The average molecular weight is 292 g/mol. The van der Waals surface area contributed by atoms with E-state index < -0.39 is 5.97 Å². The molecular weight excluding hydrogens is 276 g/mol. The van der Waals surface area contributed by atoms with Crippen LogP contribution in [-0.4, -0.2) is 26.5 Å². The van der Waals surface area contributed by atoms with E-state index in [1.807, 2.05) is 0 Å². The van der Waals surface area contributed by atoms with Crippen LogP contribution in [0, 0.1) is 0 Å². The van der Waals surface area contributed by atoms with E-state index in [-0.39, 0.29) is 11.5 Å². The molecule has 2 rings (SSSR count). The monoisotopic (exact) mass is 292 g/mol. The summed E-state index contributed by atoms with van der Waals surface area (Å²) < 4.78 is 5.17. The lowest BCUT2D eigenvalue weighted by Gasteiger charge is -2.04. The molecule has 1 aromatic heterocycles. The number of hydrogen-bond donors (Lipinski definition) is 1. The normalized spacial score (nSPS) is 12.3. The van der Waals surface area contributed by atoms with Crippen molar-refractivity contribution in [3.8, 4) is 11.5 Å². The number of carbonyl (C=O) groups is 1. The maximum absolute atomic E-state index is 11.2. The number of aromatic nitrogens is 2. The summed E-state index contributed by atoms with van der Waals surface area (Å²) in [5.74, 6) is 0.496. The SMILES string of the molecule is CCC(C)SCc1noc(-c2ccccc2C(=O)O)n1. The minimum absolute atomic E-state index is 0.164. The number of carboxylic acid groups (broad SMARTS) is 1. The Morgan fingerprint density at radius 1 is 1.45 bits per heavy atom. The van der Waals surface area contributed by atoms with Crippen molar-refractivity contribution in [1.82, 2.24) is 10.1 Å². The van der Waals surface area contributed by atoms with Gasteiger partial charge in [-0.25, -0.2) is 4.79 Å². The highest BCUT2D eigenvalue weighted by molar-refractivity contribution is 7.99. The van der Waals surface area contributed by atoms with Gasteiger partial charge in [-0.1, -0.05) is 31.1 Å². The summed E-state index contributed by atoms with van der Waals surface area (Å²) in [6.07, 6.45) is 1.08. The molecule has 0 amide bonds. The predicted molar refractivity (Wildman–Crippen MR) is 77.7 cm³/mol. The van der Waals surface area contributed by atoms with Crippen molar-refractivity contribution < 1.29 is 14.4 Å². The van der Waals surface area contributed by atoms with E-state index in [0.717, 1.165) is 6.42 Å². The smallest absolute Gasteiger partial charge is 0.336 e. The second kappa shape index (κ2) is 6.56. The molecule has 1 aromatic carbocycles. The standard InChI is InChI=1S/C14H16N2O3S/c1-3-9(2)20-8-12-15-13(19-16-12)10-6-4-5-7-11(10)14(17)18/h4-7,9H,3,8H2,1-2H3,(H,17,18). The lowest BCUT2D eigenvalue weighted by Crippen LogP contribution is -1.99. The molecule has 1 unspecified atom stereocenters. The number of carboxylic acids is 1. The van der Waals surface area contributed by atoms with Crippen molar-refractivity contribution in [1.29, 1.82) is 0 Å². The summed E-state index contributed by atoms with van der Waals surface area (Å²) in [7, 11) is 0. The highest BCUT2D eigenvalue weighted by Crippen LogP contribution is 2.24. The van der Waals surface area contributed by atoms with Gasteiger partial charge >= 0.3 is 5.97 Å². The molecule has 0 radical (unpaired) electrons. The third-order valence-electron chi connectivity index (χ3n) is 2.93. The molecule has 5 nitrogen and oxygen atoms in total. The molecule has 0 saturated carbocycles. The molecule has 0 bridgehead atoms. The van der Waals surface area contributed by atoms with Crippen LogP contribution in [0.3, 0.4) is 0 Å². The van der Waals surface area contributed by atoms with Gasteiger partial charge in [0, 0.05) is 5.25 Å². The van der Waals surface area contributed by atoms with Crippen molar-refractivity contribution in [3.05, 3.63) is 35.7 Å². The van der Waals surface area contributed by atoms with Gasteiger partial charge in [-0.15, -0.1) is 0 Å². The number of benzene rings is 1. The number of rotatable bonds is 6. The largest absolute Gasteiger partial charge is 0.478 e. The van der Waals surface area contributed by atoms with Gasteiger partial charge in [0.1, 0.15) is 0 Å². The molecule has 1 N–H and O–H groups in total. The minimum atomic E-state index is -1.01. The van der Waals surface area contributed by atoms with Gasteiger partial charge in [-0.2, -0.15) is 16.7 Å². The van der Waals surface area contributed by atoms with Gasteiger partial charge in [-0.3, -0.25) is 0 Å².